The van der Waals surface area contributed by atoms with E-state index in [0.717, 1.165) is 0 Å². The van der Waals surface area contributed by atoms with Crippen molar-refractivity contribution in [2.45, 2.75) is 25.6 Å². The van der Waals surface area contributed by atoms with Gasteiger partial charge >= 0.3 is 5.97 Å². The Balaban J connectivity index is 2.40. The van der Waals surface area contributed by atoms with E-state index >= 15 is 0 Å². The van der Waals surface area contributed by atoms with Crippen molar-refractivity contribution in [1.82, 2.24) is 5.32 Å². The minimum atomic E-state index is -1.17. The number of ether oxygens (including phenoxy) is 1. The molecule has 1 fully saturated rings. The van der Waals surface area contributed by atoms with Crippen molar-refractivity contribution in [1.29, 1.82) is 0 Å². The summed E-state index contributed by atoms with van der Waals surface area (Å²) in [4.78, 5) is 21.7. The zero-order valence-electron chi connectivity index (χ0n) is 6.74. The van der Waals surface area contributed by atoms with Crippen molar-refractivity contribution >= 4 is 11.9 Å². The summed E-state index contributed by atoms with van der Waals surface area (Å²) in [6, 6.07) is 0. The quantitative estimate of drug-likeness (QED) is 0.514. The van der Waals surface area contributed by atoms with Crippen LogP contribution in [0.2, 0.25) is 0 Å². The number of carbonyl (C=O) groups is 2. The monoisotopic (exact) mass is 173 g/mol. The Kier molecular flexibility index (Phi) is 2.65. The molecule has 0 spiro atoms. The second kappa shape index (κ2) is 3.53. The SMILES string of the molecule is CC(O)C(=O)O[C@H]1CCNC1=O. The van der Waals surface area contributed by atoms with Crippen molar-refractivity contribution < 1.29 is 19.4 Å². The van der Waals surface area contributed by atoms with Crippen LogP contribution in [0.25, 0.3) is 0 Å². The van der Waals surface area contributed by atoms with E-state index in [0.29, 0.717) is 13.0 Å². The summed E-state index contributed by atoms with van der Waals surface area (Å²) in [5.74, 6) is -1.04. The Labute approximate surface area is 69.7 Å². The molecule has 2 N–H and O–H groups in total. The van der Waals surface area contributed by atoms with Crippen molar-refractivity contribution in [2.24, 2.45) is 0 Å². The summed E-state index contributed by atoms with van der Waals surface area (Å²) in [6.07, 6.45) is -1.40. The minimum absolute atomic E-state index is 0.288. The zero-order chi connectivity index (χ0) is 9.14. The first-order valence-electron chi connectivity index (χ1n) is 3.77. The van der Waals surface area contributed by atoms with Crippen LogP contribution >= 0.6 is 0 Å². The van der Waals surface area contributed by atoms with Crippen LogP contribution in [0.3, 0.4) is 0 Å². The van der Waals surface area contributed by atoms with E-state index in [4.69, 9.17) is 5.11 Å². The van der Waals surface area contributed by atoms with Crippen LogP contribution in [-0.4, -0.2) is 35.7 Å². The molecule has 1 amide bonds. The molecule has 0 aromatic heterocycles. The van der Waals surface area contributed by atoms with Crippen LogP contribution in [0.1, 0.15) is 13.3 Å². The molecular weight excluding hydrogens is 162 g/mol. The number of aliphatic hydroxyl groups is 1. The molecule has 0 bridgehead atoms. The normalized spacial score (nSPS) is 24.8. The van der Waals surface area contributed by atoms with Gasteiger partial charge in [0.1, 0.15) is 6.10 Å². The number of esters is 1. The Morgan fingerprint density at radius 2 is 2.50 bits per heavy atom. The van der Waals surface area contributed by atoms with Crippen molar-refractivity contribution in [3.05, 3.63) is 0 Å². The largest absolute Gasteiger partial charge is 0.450 e. The first-order chi connectivity index (χ1) is 5.61. The lowest BCUT2D eigenvalue weighted by Crippen LogP contribution is -2.31. The molecule has 1 heterocycles. The number of carbonyl (C=O) groups excluding carboxylic acids is 2. The molecule has 5 nitrogen and oxygen atoms in total. The lowest BCUT2D eigenvalue weighted by Gasteiger charge is -2.10. The lowest BCUT2D eigenvalue weighted by atomic mass is 10.3. The van der Waals surface area contributed by atoms with Gasteiger partial charge in [0.05, 0.1) is 0 Å². The van der Waals surface area contributed by atoms with Crippen molar-refractivity contribution in [2.75, 3.05) is 6.54 Å². The van der Waals surface area contributed by atoms with E-state index in [1.807, 2.05) is 0 Å². The fourth-order valence-corrected chi connectivity index (χ4v) is 0.923. The summed E-state index contributed by atoms with van der Waals surface area (Å²) in [7, 11) is 0. The molecule has 0 radical (unpaired) electrons. The van der Waals surface area contributed by atoms with Crippen LogP contribution in [-0.2, 0) is 14.3 Å². The van der Waals surface area contributed by atoms with Gasteiger partial charge in [-0.1, -0.05) is 0 Å². The fraction of sp³-hybridized carbons (Fsp3) is 0.714. The van der Waals surface area contributed by atoms with Gasteiger partial charge in [0.25, 0.3) is 5.91 Å². The fourth-order valence-electron chi connectivity index (χ4n) is 0.923. The molecule has 68 valence electrons. The maximum absolute atomic E-state index is 10.9. The molecule has 0 aromatic carbocycles. The summed E-state index contributed by atoms with van der Waals surface area (Å²) in [5.41, 5.74) is 0. The van der Waals surface area contributed by atoms with Crippen LogP contribution in [0.15, 0.2) is 0 Å². The van der Waals surface area contributed by atoms with Crippen LogP contribution in [0.5, 0.6) is 0 Å². The van der Waals surface area contributed by atoms with Crippen molar-refractivity contribution in [3.63, 3.8) is 0 Å². The molecule has 12 heavy (non-hydrogen) atoms. The van der Waals surface area contributed by atoms with Crippen molar-refractivity contribution in [3.8, 4) is 0 Å². The van der Waals surface area contributed by atoms with Crippen LogP contribution in [0.4, 0.5) is 0 Å². The third-order valence-corrected chi connectivity index (χ3v) is 1.60. The number of aliphatic hydroxyl groups excluding tert-OH is 1. The van der Waals surface area contributed by atoms with E-state index in [1.165, 1.54) is 6.92 Å². The number of amides is 1. The highest BCUT2D eigenvalue weighted by atomic mass is 16.6. The standard InChI is InChI=1S/C7H11NO4/c1-4(9)7(11)12-5-2-3-8-6(5)10/h4-5,9H,2-3H2,1H3,(H,8,10)/t4?,5-/m0/s1. The summed E-state index contributed by atoms with van der Waals surface area (Å²) < 4.78 is 4.68. The molecule has 1 rings (SSSR count). The number of hydrogen-bond acceptors (Lipinski definition) is 4. The van der Waals surface area contributed by atoms with E-state index in [9.17, 15) is 9.59 Å². The highest BCUT2D eigenvalue weighted by Gasteiger charge is 2.28. The van der Waals surface area contributed by atoms with Gasteiger partial charge in [-0.2, -0.15) is 0 Å². The molecular formula is C7H11NO4. The van der Waals surface area contributed by atoms with E-state index < -0.39 is 18.2 Å². The van der Waals surface area contributed by atoms with Gasteiger partial charge in [-0.3, -0.25) is 4.79 Å². The lowest BCUT2D eigenvalue weighted by molar-refractivity contribution is -0.161. The van der Waals surface area contributed by atoms with E-state index in [2.05, 4.69) is 10.1 Å². The predicted molar refractivity (Wildman–Crippen MR) is 39.2 cm³/mol. The second-order valence-electron chi connectivity index (χ2n) is 2.68. The Morgan fingerprint density at radius 1 is 1.83 bits per heavy atom. The average Bonchev–Trinajstić information content (AvgIpc) is 2.36. The van der Waals surface area contributed by atoms with Gasteiger partial charge in [0.2, 0.25) is 0 Å². The second-order valence-corrected chi connectivity index (χ2v) is 2.68. The third-order valence-electron chi connectivity index (χ3n) is 1.60. The molecule has 1 aliphatic heterocycles. The molecule has 0 aliphatic carbocycles. The first kappa shape index (κ1) is 8.99. The molecule has 1 unspecified atom stereocenters. The summed E-state index contributed by atoms with van der Waals surface area (Å²) >= 11 is 0. The smallest absolute Gasteiger partial charge is 0.335 e. The number of rotatable bonds is 2. The Bertz CT molecular complexity index is 202. The predicted octanol–water partition coefficient (Wildman–Crippen LogP) is -1.20. The van der Waals surface area contributed by atoms with Gasteiger partial charge in [-0.15, -0.1) is 0 Å². The molecule has 5 heteroatoms. The Morgan fingerprint density at radius 3 is 2.92 bits per heavy atom. The van der Waals surface area contributed by atoms with Gasteiger partial charge < -0.3 is 15.2 Å². The summed E-state index contributed by atoms with van der Waals surface area (Å²) in [5, 5.41) is 11.3. The third kappa shape index (κ3) is 1.94. The van der Waals surface area contributed by atoms with Crippen LogP contribution < -0.4 is 5.32 Å². The molecule has 2 atom stereocenters. The van der Waals surface area contributed by atoms with E-state index in [1.54, 1.807) is 0 Å². The van der Waals surface area contributed by atoms with Gasteiger partial charge in [-0.05, 0) is 6.92 Å². The minimum Gasteiger partial charge on any atom is -0.450 e. The number of hydrogen-bond donors (Lipinski definition) is 2. The highest BCUT2D eigenvalue weighted by Crippen LogP contribution is 2.05. The molecule has 1 aliphatic rings. The van der Waals surface area contributed by atoms with E-state index in [-0.39, 0.29) is 5.91 Å². The highest BCUT2D eigenvalue weighted by molar-refractivity contribution is 5.86. The first-order valence-corrected chi connectivity index (χ1v) is 3.77. The van der Waals surface area contributed by atoms with Crippen LogP contribution in [0, 0.1) is 0 Å². The maximum atomic E-state index is 10.9. The van der Waals surface area contributed by atoms with Gasteiger partial charge in [0.15, 0.2) is 6.10 Å². The number of nitrogens with one attached hydrogen (secondary N) is 1. The molecule has 1 saturated heterocycles. The zero-order valence-corrected chi connectivity index (χ0v) is 6.74. The summed E-state index contributed by atoms with van der Waals surface area (Å²) in [6.45, 7) is 1.83. The maximum Gasteiger partial charge on any atom is 0.335 e. The Hall–Kier alpha value is -1.10. The van der Waals surface area contributed by atoms with Gasteiger partial charge in [-0.25, -0.2) is 4.79 Å². The molecule has 0 aromatic rings. The van der Waals surface area contributed by atoms with Gasteiger partial charge in [0, 0.05) is 13.0 Å². The molecule has 0 saturated carbocycles. The topological polar surface area (TPSA) is 75.6 Å². The average molecular weight is 173 g/mol.